The Morgan fingerprint density at radius 1 is 0.327 bits per heavy atom. The summed E-state index contributed by atoms with van der Waals surface area (Å²) in [4.78, 5) is 15.9. The number of nitrogens with zero attached hydrogens (tertiary/aromatic N) is 3. The van der Waals surface area contributed by atoms with E-state index in [-0.39, 0.29) is 5.41 Å². The van der Waals surface area contributed by atoms with Gasteiger partial charge in [0, 0.05) is 22.1 Å². The van der Waals surface area contributed by atoms with E-state index in [1.54, 1.807) is 0 Å². The lowest BCUT2D eigenvalue weighted by molar-refractivity contribution is 0.660. The molecule has 8 aromatic carbocycles. The molecule has 0 saturated carbocycles. The Kier molecular flexibility index (Phi) is 7.81. The van der Waals surface area contributed by atoms with Crippen molar-refractivity contribution in [1.82, 2.24) is 15.0 Å². The minimum atomic E-state index is -0.0722. The molecule has 0 aliphatic heterocycles. The van der Waals surface area contributed by atoms with Crippen molar-refractivity contribution in [3.63, 3.8) is 0 Å². The zero-order valence-corrected chi connectivity index (χ0v) is 30.7. The van der Waals surface area contributed by atoms with Gasteiger partial charge in [0.05, 0.1) is 0 Å². The number of hydrogen-bond acceptors (Lipinski definition) is 3. The minimum Gasteiger partial charge on any atom is -0.208 e. The van der Waals surface area contributed by atoms with E-state index >= 15 is 0 Å². The van der Waals surface area contributed by atoms with Gasteiger partial charge in [-0.15, -0.1) is 0 Å². The van der Waals surface area contributed by atoms with Crippen LogP contribution >= 0.6 is 0 Å². The van der Waals surface area contributed by atoms with Gasteiger partial charge in [0.2, 0.25) is 0 Å². The number of fused-ring (bicyclic) bond motifs is 4. The molecule has 260 valence electrons. The number of aromatic nitrogens is 3. The first-order valence-electron chi connectivity index (χ1n) is 18.9. The molecule has 3 heteroatoms. The van der Waals surface area contributed by atoms with Crippen molar-refractivity contribution in [3.8, 4) is 78.7 Å². The van der Waals surface area contributed by atoms with E-state index in [0.29, 0.717) is 17.5 Å². The molecule has 0 atom stereocenters. The summed E-state index contributed by atoms with van der Waals surface area (Å²) in [6, 6.07) is 66.7. The number of hydrogen-bond donors (Lipinski definition) is 0. The average molecular weight is 704 g/mol. The van der Waals surface area contributed by atoms with Crippen molar-refractivity contribution in [3.05, 3.63) is 199 Å². The Labute approximate surface area is 321 Å². The lowest BCUT2D eigenvalue weighted by Crippen LogP contribution is -2.14. The molecule has 0 radical (unpaired) electrons. The maximum Gasteiger partial charge on any atom is 0.165 e. The van der Waals surface area contributed by atoms with E-state index in [1.807, 2.05) is 12.1 Å². The SMILES string of the molecule is CC1(C)c2ccccc2-c2cc(-c3ccc4ccccc4c3-c3nc(-c4cccc(-c5ccccc5)c4)nc(-c4cccc(-c5ccccc5)c4)n3)ccc21. The van der Waals surface area contributed by atoms with Crippen LogP contribution in [0, 0.1) is 0 Å². The monoisotopic (exact) mass is 703 g/mol. The fraction of sp³-hybridized carbons (Fsp3) is 0.0577. The summed E-state index contributed by atoms with van der Waals surface area (Å²) in [5.74, 6) is 1.90. The van der Waals surface area contributed by atoms with Crippen molar-refractivity contribution < 1.29 is 0 Å². The summed E-state index contributed by atoms with van der Waals surface area (Å²) in [7, 11) is 0. The second-order valence-electron chi connectivity index (χ2n) is 14.8. The van der Waals surface area contributed by atoms with E-state index in [1.165, 1.54) is 22.3 Å². The van der Waals surface area contributed by atoms with Gasteiger partial charge in [0.1, 0.15) is 0 Å². The molecular weight excluding hydrogens is 667 g/mol. The van der Waals surface area contributed by atoms with Crippen LogP contribution < -0.4 is 0 Å². The van der Waals surface area contributed by atoms with Gasteiger partial charge in [-0.25, -0.2) is 15.0 Å². The molecule has 9 aromatic rings. The highest BCUT2D eigenvalue weighted by atomic mass is 15.0. The van der Waals surface area contributed by atoms with Gasteiger partial charge >= 0.3 is 0 Å². The molecule has 1 aromatic heterocycles. The van der Waals surface area contributed by atoms with Crippen LogP contribution in [0.3, 0.4) is 0 Å². The van der Waals surface area contributed by atoms with E-state index in [9.17, 15) is 0 Å². The highest BCUT2D eigenvalue weighted by molar-refractivity contribution is 6.03. The van der Waals surface area contributed by atoms with Gasteiger partial charge in [-0.05, 0) is 84.6 Å². The van der Waals surface area contributed by atoms with E-state index < -0.39 is 0 Å². The quantitative estimate of drug-likeness (QED) is 0.173. The predicted molar refractivity (Wildman–Crippen MR) is 228 cm³/mol. The van der Waals surface area contributed by atoms with Gasteiger partial charge in [-0.1, -0.05) is 184 Å². The predicted octanol–water partition coefficient (Wildman–Crippen LogP) is 13.3. The lowest BCUT2D eigenvalue weighted by Gasteiger charge is -2.21. The Morgan fingerprint density at radius 2 is 0.855 bits per heavy atom. The average Bonchev–Trinajstić information content (AvgIpc) is 3.49. The normalized spacial score (nSPS) is 12.7. The molecule has 0 N–H and O–H groups in total. The maximum absolute atomic E-state index is 5.36. The van der Waals surface area contributed by atoms with Crippen LogP contribution in [-0.4, -0.2) is 15.0 Å². The first kappa shape index (κ1) is 32.7. The molecule has 0 bridgehead atoms. The highest BCUT2D eigenvalue weighted by Gasteiger charge is 2.35. The molecule has 0 unspecified atom stereocenters. The van der Waals surface area contributed by atoms with Gasteiger partial charge in [-0.2, -0.15) is 0 Å². The second-order valence-corrected chi connectivity index (χ2v) is 14.8. The minimum absolute atomic E-state index is 0.0722. The zero-order valence-electron chi connectivity index (χ0n) is 30.7. The molecular formula is C52H37N3. The largest absolute Gasteiger partial charge is 0.208 e. The topological polar surface area (TPSA) is 38.7 Å². The van der Waals surface area contributed by atoms with Crippen LogP contribution in [0.4, 0.5) is 0 Å². The fourth-order valence-electron chi connectivity index (χ4n) is 8.32. The smallest absolute Gasteiger partial charge is 0.165 e. The number of benzene rings is 8. The van der Waals surface area contributed by atoms with Crippen LogP contribution in [0.15, 0.2) is 188 Å². The summed E-state index contributed by atoms with van der Waals surface area (Å²) in [5.41, 5.74) is 14.8. The van der Waals surface area contributed by atoms with Crippen molar-refractivity contribution in [2.24, 2.45) is 0 Å². The highest BCUT2D eigenvalue weighted by Crippen LogP contribution is 2.50. The Hall–Kier alpha value is -6.97. The van der Waals surface area contributed by atoms with E-state index in [0.717, 1.165) is 60.8 Å². The standard InChI is InChI=1S/C52H37N3/c1-52(2)46-26-12-11-25-44(46)45-33-39(28-30-47(45)52)43-29-27-36-19-9-10-24-42(36)48(43)51-54-49(40-22-13-20-37(31-40)34-15-5-3-6-16-34)53-50(55-51)41-23-14-21-38(32-41)35-17-7-4-8-18-35/h3-33H,1-2H3. The second kappa shape index (κ2) is 13.2. The number of rotatable bonds is 6. The molecule has 0 amide bonds. The van der Waals surface area contributed by atoms with E-state index in [4.69, 9.17) is 15.0 Å². The summed E-state index contributed by atoms with van der Waals surface area (Å²) < 4.78 is 0. The lowest BCUT2D eigenvalue weighted by atomic mass is 9.82. The summed E-state index contributed by atoms with van der Waals surface area (Å²) in [5, 5.41) is 2.23. The molecule has 3 nitrogen and oxygen atoms in total. The van der Waals surface area contributed by atoms with Crippen molar-refractivity contribution in [2.75, 3.05) is 0 Å². The van der Waals surface area contributed by atoms with Crippen LogP contribution in [-0.2, 0) is 5.41 Å². The molecule has 1 heterocycles. The third-order valence-corrected chi connectivity index (χ3v) is 11.1. The molecule has 55 heavy (non-hydrogen) atoms. The van der Waals surface area contributed by atoms with Gasteiger partial charge < -0.3 is 0 Å². The first-order chi connectivity index (χ1) is 27.0. The van der Waals surface area contributed by atoms with Crippen LogP contribution in [0.1, 0.15) is 25.0 Å². The molecule has 0 fully saturated rings. The van der Waals surface area contributed by atoms with Gasteiger partial charge in [0.15, 0.2) is 17.5 Å². The Morgan fingerprint density at radius 3 is 1.53 bits per heavy atom. The first-order valence-corrected chi connectivity index (χ1v) is 18.9. The Bertz CT molecular complexity index is 2790. The maximum atomic E-state index is 5.36. The van der Waals surface area contributed by atoms with Crippen molar-refractivity contribution in [1.29, 1.82) is 0 Å². The van der Waals surface area contributed by atoms with Crippen LogP contribution in [0.5, 0.6) is 0 Å². The summed E-state index contributed by atoms with van der Waals surface area (Å²) in [6.07, 6.45) is 0. The van der Waals surface area contributed by atoms with Crippen LogP contribution in [0.2, 0.25) is 0 Å². The van der Waals surface area contributed by atoms with Crippen LogP contribution in [0.25, 0.3) is 89.4 Å². The summed E-state index contributed by atoms with van der Waals surface area (Å²) in [6.45, 7) is 4.65. The van der Waals surface area contributed by atoms with Gasteiger partial charge in [-0.3, -0.25) is 0 Å². The third-order valence-electron chi connectivity index (χ3n) is 11.1. The van der Waals surface area contributed by atoms with Gasteiger partial charge in [0.25, 0.3) is 0 Å². The fourth-order valence-corrected chi connectivity index (χ4v) is 8.32. The Balaban J connectivity index is 1.21. The van der Waals surface area contributed by atoms with E-state index in [2.05, 4.69) is 190 Å². The molecule has 0 spiro atoms. The summed E-state index contributed by atoms with van der Waals surface area (Å²) >= 11 is 0. The molecule has 10 rings (SSSR count). The molecule has 0 saturated heterocycles. The molecule has 1 aliphatic carbocycles. The molecule has 1 aliphatic rings. The van der Waals surface area contributed by atoms with Crippen molar-refractivity contribution in [2.45, 2.75) is 19.3 Å². The van der Waals surface area contributed by atoms with Crippen molar-refractivity contribution >= 4 is 10.8 Å². The zero-order chi connectivity index (χ0) is 36.9. The third kappa shape index (κ3) is 5.73.